The Balaban J connectivity index is 2.23. The molecule has 0 radical (unpaired) electrons. The van der Waals surface area contributed by atoms with Gasteiger partial charge in [0.2, 0.25) is 0 Å². The van der Waals surface area contributed by atoms with Crippen LogP contribution in [0.3, 0.4) is 0 Å². The van der Waals surface area contributed by atoms with Crippen molar-refractivity contribution in [3.63, 3.8) is 0 Å². The number of aryl methyl sites for hydroxylation is 1. The van der Waals surface area contributed by atoms with Crippen LogP contribution >= 0.6 is 0 Å². The molecule has 3 N–H and O–H groups in total. The number of aliphatic hydroxyl groups excluding tert-OH is 1. The lowest BCUT2D eigenvalue weighted by Crippen LogP contribution is -2.33. The molecule has 0 fully saturated rings. The first-order chi connectivity index (χ1) is 8.99. The highest BCUT2D eigenvalue weighted by Gasteiger charge is 2.12. The number of rotatable bonds is 7. The highest BCUT2D eigenvalue weighted by atomic mass is 16.5. The van der Waals surface area contributed by atoms with E-state index >= 15 is 0 Å². The van der Waals surface area contributed by atoms with E-state index in [2.05, 4.69) is 5.32 Å². The van der Waals surface area contributed by atoms with Crippen molar-refractivity contribution in [2.24, 2.45) is 0 Å². The maximum absolute atomic E-state index is 11.4. The lowest BCUT2D eigenvalue weighted by atomic mass is 10.2. The molecule has 0 saturated carbocycles. The maximum Gasteiger partial charge on any atom is 0.332 e. The van der Waals surface area contributed by atoms with Crippen molar-refractivity contribution < 1.29 is 24.5 Å². The van der Waals surface area contributed by atoms with Crippen LogP contribution in [0.2, 0.25) is 0 Å². The quantitative estimate of drug-likeness (QED) is 0.661. The summed E-state index contributed by atoms with van der Waals surface area (Å²) >= 11 is 0. The molecule has 19 heavy (non-hydrogen) atoms. The van der Waals surface area contributed by atoms with E-state index in [1.54, 1.807) is 6.07 Å². The van der Waals surface area contributed by atoms with Crippen molar-refractivity contribution in [1.29, 1.82) is 0 Å². The number of hydrogen-bond acceptors (Lipinski definition) is 4. The monoisotopic (exact) mass is 267 g/mol. The molecule has 0 aromatic heterocycles. The Morgan fingerprint density at radius 1 is 1.42 bits per heavy atom. The Bertz CT molecular complexity index is 446. The van der Waals surface area contributed by atoms with Crippen LogP contribution in [-0.4, -0.2) is 41.3 Å². The summed E-state index contributed by atoms with van der Waals surface area (Å²) in [6.07, 6.45) is -1.50. The molecule has 0 heterocycles. The van der Waals surface area contributed by atoms with Crippen molar-refractivity contribution in [2.45, 2.75) is 19.4 Å². The summed E-state index contributed by atoms with van der Waals surface area (Å²) in [7, 11) is 0. The fraction of sp³-hybridized carbons (Fsp3) is 0.385. The van der Waals surface area contributed by atoms with Gasteiger partial charge >= 0.3 is 5.97 Å². The van der Waals surface area contributed by atoms with E-state index in [0.29, 0.717) is 5.75 Å². The summed E-state index contributed by atoms with van der Waals surface area (Å²) in [4.78, 5) is 21.7. The zero-order valence-corrected chi connectivity index (χ0v) is 10.6. The lowest BCUT2D eigenvalue weighted by molar-refractivity contribution is -0.147. The van der Waals surface area contributed by atoms with Gasteiger partial charge in [-0.2, -0.15) is 0 Å². The van der Waals surface area contributed by atoms with Crippen LogP contribution in [0.4, 0.5) is 0 Å². The fourth-order valence-corrected chi connectivity index (χ4v) is 1.38. The van der Waals surface area contributed by atoms with Gasteiger partial charge in [-0.3, -0.25) is 4.79 Å². The number of aliphatic carboxylic acids is 1. The number of carbonyl (C=O) groups excluding carboxylic acids is 1. The first-order valence-electron chi connectivity index (χ1n) is 5.86. The fourth-order valence-electron chi connectivity index (χ4n) is 1.38. The van der Waals surface area contributed by atoms with Gasteiger partial charge in [0.05, 0.1) is 0 Å². The summed E-state index contributed by atoms with van der Waals surface area (Å²) in [5, 5.41) is 19.9. The molecule has 0 aliphatic carbocycles. The number of nitrogens with one attached hydrogen (secondary N) is 1. The third-order valence-electron chi connectivity index (χ3n) is 2.38. The van der Waals surface area contributed by atoms with Crippen LogP contribution in [0.15, 0.2) is 24.3 Å². The summed E-state index contributed by atoms with van der Waals surface area (Å²) in [6, 6.07) is 7.29. The van der Waals surface area contributed by atoms with Crippen molar-refractivity contribution >= 4 is 11.9 Å². The number of ether oxygens (including phenoxy) is 1. The van der Waals surface area contributed by atoms with E-state index in [4.69, 9.17) is 14.9 Å². The molecule has 0 bridgehead atoms. The van der Waals surface area contributed by atoms with Crippen LogP contribution in [0.25, 0.3) is 0 Å². The molecule has 1 unspecified atom stereocenters. The van der Waals surface area contributed by atoms with Gasteiger partial charge in [0.15, 0.2) is 12.7 Å². The van der Waals surface area contributed by atoms with Crippen molar-refractivity contribution in [3.05, 3.63) is 29.8 Å². The summed E-state index contributed by atoms with van der Waals surface area (Å²) in [5.74, 6) is -1.06. The Morgan fingerprint density at radius 3 is 2.79 bits per heavy atom. The van der Waals surface area contributed by atoms with Crippen molar-refractivity contribution in [3.8, 4) is 5.75 Å². The topological polar surface area (TPSA) is 95.9 Å². The second kappa shape index (κ2) is 7.38. The SMILES string of the molecule is Cc1cccc(OCC(=O)NCCC(O)C(=O)O)c1. The van der Waals surface area contributed by atoms with E-state index in [1.807, 2.05) is 25.1 Å². The van der Waals surface area contributed by atoms with Crippen LogP contribution in [0.1, 0.15) is 12.0 Å². The highest BCUT2D eigenvalue weighted by Crippen LogP contribution is 2.11. The predicted octanol–water partition coefficient (Wildman–Crippen LogP) is 0.326. The van der Waals surface area contributed by atoms with Gasteiger partial charge in [-0.25, -0.2) is 4.79 Å². The molecule has 0 aliphatic heterocycles. The third kappa shape index (κ3) is 5.87. The van der Waals surface area contributed by atoms with Crippen molar-refractivity contribution in [2.75, 3.05) is 13.2 Å². The van der Waals surface area contributed by atoms with E-state index in [0.717, 1.165) is 5.56 Å². The minimum absolute atomic E-state index is 0.0362. The second-order valence-electron chi connectivity index (χ2n) is 4.10. The maximum atomic E-state index is 11.4. The first kappa shape index (κ1) is 15.0. The highest BCUT2D eigenvalue weighted by molar-refractivity contribution is 5.77. The van der Waals surface area contributed by atoms with E-state index < -0.39 is 12.1 Å². The number of carboxylic acids is 1. The van der Waals surface area contributed by atoms with Gasteiger partial charge in [-0.1, -0.05) is 12.1 Å². The number of carboxylic acid groups (broad SMARTS) is 1. The predicted molar refractivity (Wildman–Crippen MR) is 67.9 cm³/mol. The zero-order valence-electron chi connectivity index (χ0n) is 10.6. The van der Waals surface area contributed by atoms with Crippen molar-refractivity contribution in [1.82, 2.24) is 5.32 Å². The van der Waals surface area contributed by atoms with Crippen LogP contribution in [0, 0.1) is 6.92 Å². The molecule has 1 aromatic rings. The molecule has 6 nitrogen and oxygen atoms in total. The summed E-state index contributed by atoms with van der Waals surface area (Å²) < 4.78 is 5.26. The normalized spacial score (nSPS) is 11.7. The van der Waals surface area contributed by atoms with E-state index in [1.165, 1.54) is 0 Å². The second-order valence-corrected chi connectivity index (χ2v) is 4.10. The molecule has 0 spiro atoms. The molecule has 0 saturated heterocycles. The molecular weight excluding hydrogens is 250 g/mol. The molecule has 1 atom stereocenters. The smallest absolute Gasteiger partial charge is 0.332 e. The Labute approximate surface area is 111 Å². The molecular formula is C13H17NO5. The number of amides is 1. The lowest BCUT2D eigenvalue weighted by Gasteiger charge is -2.09. The molecule has 6 heteroatoms. The Morgan fingerprint density at radius 2 is 2.16 bits per heavy atom. The standard InChI is InChI=1S/C13H17NO5/c1-9-3-2-4-10(7-9)19-8-12(16)14-6-5-11(15)13(17)18/h2-4,7,11,15H,5-6,8H2,1H3,(H,14,16)(H,17,18). The van der Waals surface area contributed by atoms with Crippen LogP contribution < -0.4 is 10.1 Å². The Kier molecular flexibility index (Phi) is 5.81. The average Bonchev–Trinajstić information content (AvgIpc) is 2.36. The zero-order chi connectivity index (χ0) is 14.3. The van der Waals surface area contributed by atoms with E-state index in [-0.39, 0.29) is 25.5 Å². The van der Waals surface area contributed by atoms with Gasteiger partial charge in [0.25, 0.3) is 5.91 Å². The minimum atomic E-state index is -1.46. The number of carbonyl (C=O) groups is 2. The molecule has 1 amide bonds. The molecule has 104 valence electrons. The first-order valence-corrected chi connectivity index (χ1v) is 5.86. The van der Waals surface area contributed by atoms with Crippen LogP contribution in [0.5, 0.6) is 5.75 Å². The summed E-state index contributed by atoms with van der Waals surface area (Å²) in [6.45, 7) is 1.86. The van der Waals surface area contributed by atoms with Gasteiger partial charge in [-0.05, 0) is 24.6 Å². The van der Waals surface area contributed by atoms with Gasteiger partial charge in [0, 0.05) is 13.0 Å². The third-order valence-corrected chi connectivity index (χ3v) is 2.38. The number of hydrogen-bond donors (Lipinski definition) is 3. The van der Waals surface area contributed by atoms with E-state index in [9.17, 15) is 9.59 Å². The largest absolute Gasteiger partial charge is 0.484 e. The molecule has 0 aliphatic rings. The molecule has 1 aromatic carbocycles. The Hall–Kier alpha value is -2.08. The van der Waals surface area contributed by atoms with Gasteiger partial charge in [-0.15, -0.1) is 0 Å². The van der Waals surface area contributed by atoms with Crippen LogP contribution in [-0.2, 0) is 9.59 Å². The number of aliphatic hydroxyl groups is 1. The number of benzene rings is 1. The molecule has 1 rings (SSSR count). The minimum Gasteiger partial charge on any atom is -0.484 e. The average molecular weight is 267 g/mol. The van der Waals surface area contributed by atoms with Gasteiger partial charge in [0.1, 0.15) is 5.75 Å². The van der Waals surface area contributed by atoms with Gasteiger partial charge < -0.3 is 20.3 Å². The summed E-state index contributed by atoms with van der Waals surface area (Å²) in [5.41, 5.74) is 1.03.